The second-order valence-corrected chi connectivity index (χ2v) is 3.32. The van der Waals surface area contributed by atoms with Crippen LogP contribution < -0.4 is 5.73 Å². The number of H-pyrrole nitrogens is 1. The van der Waals surface area contributed by atoms with Crippen LogP contribution in [0.25, 0.3) is 10.9 Å². The molecule has 2 aromatic rings. The number of para-hydroxylation sites is 1. The molecule has 0 aliphatic carbocycles. The van der Waals surface area contributed by atoms with Gasteiger partial charge in [0, 0.05) is 10.9 Å². The van der Waals surface area contributed by atoms with E-state index in [-0.39, 0.29) is 18.9 Å². The van der Waals surface area contributed by atoms with Crippen molar-refractivity contribution in [3.8, 4) is 0 Å². The van der Waals surface area contributed by atoms with Crippen LogP contribution in [0, 0.1) is 0 Å². The van der Waals surface area contributed by atoms with Crippen molar-refractivity contribution in [2.45, 2.75) is 0 Å². The van der Waals surface area contributed by atoms with Crippen molar-refractivity contribution in [3.63, 3.8) is 0 Å². The first-order valence-electron chi connectivity index (χ1n) is 4.88. The van der Waals surface area contributed by atoms with Gasteiger partial charge < -0.3 is 20.6 Å². The van der Waals surface area contributed by atoms with Crippen LogP contribution in [0.2, 0.25) is 0 Å². The average molecular weight is 220 g/mol. The molecular formula is C11H12N2O3. The molecule has 1 aromatic heterocycles. The van der Waals surface area contributed by atoms with Crippen LogP contribution >= 0.6 is 0 Å². The molecule has 1 heterocycles. The minimum Gasteiger partial charge on any atom is -0.459 e. The third-order valence-electron chi connectivity index (χ3n) is 2.27. The van der Waals surface area contributed by atoms with E-state index < -0.39 is 5.97 Å². The number of benzene rings is 1. The molecule has 0 saturated heterocycles. The maximum Gasteiger partial charge on any atom is 0.357 e. The summed E-state index contributed by atoms with van der Waals surface area (Å²) in [6.45, 7) is -0.237. The predicted octanol–water partition coefficient (Wildman–Crippen LogP) is 0.899. The standard InChI is InChI=1S/C11H12N2O3/c12-9-7-3-1-2-4-8(7)13-10(9)11(15)16-6-5-14/h1-4,13-14H,5-6,12H2. The molecule has 0 saturated carbocycles. The number of carbonyl (C=O) groups is 1. The van der Waals surface area contributed by atoms with Crippen LogP contribution in [-0.2, 0) is 4.74 Å². The largest absolute Gasteiger partial charge is 0.459 e. The highest BCUT2D eigenvalue weighted by Crippen LogP contribution is 2.24. The number of aromatic nitrogens is 1. The van der Waals surface area contributed by atoms with Gasteiger partial charge in [0.15, 0.2) is 0 Å². The van der Waals surface area contributed by atoms with Crippen molar-refractivity contribution in [3.05, 3.63) is 30.0 Å². The third kappa shape index (κ3) is 1.72. The highest BCUT2D eigenvalue weighted by atomic mass is 16.5. The summed E-state index contributed by atoms with van der Waals surface area (Å²) in [5, 5.41) is 9.34. The van der Waals surface area contributed by atoms with Gasteiger partial charge >= 0.3 is 5.97 Å². The van der Waals surface area contributed by atoms with Gasteiger partial charge in [-0.15, -0.1) is 0 Å². The molecule has 16 heavy (non-hydrogen) atoms. The monoisotopic (exact) mass is 220 g/mol. The number of nitrogen functional groups attached to an aromatic ring is 1. The molecule has 0 amide bonds. The van der Waals surface area contributed by atoms with Gasteiger partial charge in [-0.3, -0.25) is 0 Å². The first-order valence-corrected chi connectivity index (χ1v) is 4.88. The summed E-state index contributed by atoms with van der Waals surface area (Å²) in [5.74, 6) is -0.553. The Kier molecular flexibility index (Phi) is 2.78. The highest BCUT2D eigenvalue weighted by Gasteiger charge is 2.16. The third-order valence-corrected chi connectivity index (χ3v) is 2.27. The molecule has 1 aromatic carbocycles. The summed E-state index contributed by atoms with van der Waals surface area (Å²) in [6, 6.07) is 7.34. The zero-order valence-corrected chi connectivity index (χ0v) is 8.56. The Bertz CT molecular complexity index is 519. The molecule has 0 spiro atoms. The number of hydrogen-bond acceptors (Lipinski definition) is 4. The number of hydrogen-bond donors (Lipinski definition) is 3. The lowest BCUT2D eigenvalue weighted by Crippen LogP contribution is -2.10. The van der Waals surface area contributed by atoms with Gasteiger partial charge in [0.25, 0.3) is 0 Å². The molecule has 84 valence electrons. The number of carbonyl (C=O) groups excluding carboxylic acids is 1. The fraction of sp³-hybridized carbons (Fsp3) is 0.182. The lowest BCUT2D eigenvalue weighted by Gasteiger charge is -2.00. The molecule has 0 radical (unpaired) electrons. The van der Waals surface area contributed by atoms with E-state index in [0.717, 1.165) is 10.9 Å². The van der Waals surface area contributed by atoms with E-state index >= 15 is 0 Å². The first-order chi connectivity index (χ1) is 7.74. The number of anilines is 1. The van der Waals surface area contributed by atoms with Crippen molar-refractivity contribution in [1.82, 2.24) is 4.98 Å². The Balaban J connectivity index is 2.37. The Morgan fingerprint density at radius 1 is 1.44 bits per heavy atom. The summed E-state index contributed by atoms with van der Waals surface area (Å²) < 4.78 is 4.79. The van der Waals surface area contributed by atoms with Crippen molar-refractivity contribution < 1.29 is 14.6 Å². The number of nitrogens with two attached hydrogens (primary N) is 1. The van der Waals surface area contributed by atoms with Crippen LogP contribution in [0.3, 0.4) is 0 Å². The number of aliphatic hydroxyl groups is 1. The van der Waals surface area contributed by atoms with Crippen molar-refractivity contribution in [1.29, 1.82) is 0 Å². The van der Waals surface area contributed by atoms with E-state index in [1.165, 1.54) is 0 Å². The number of ether oxygens (including phenoxy) is 1. The molecule has 0 fully saturated rings. The second kappa shape index (κ2) is 4.24. The molecule has 0 aliphatic rings. The van der Waals surface area contributed by atoms with Gasteiger partial charge in [-0.05, 0) is 6.07 Å². The maximum absolute atomic E-state index is 11.5. The molecule has 0 unspecified atom stereocenters. The molecule has 5 heteroatoms. The summed E-state index contributed by atoms with van der Waals surface area (Å²) in [6.07, 6.45) is 0. The predicted molar refractivity (Wildman–Crippen MR) is 60.1 cm³/mol. The van der Waals surface area contributed by atoms with Gasteiger partial charge in [-0.25, -0.2) is 4.79 Å². The lowest BCUT2D eigenvalue weighted by atomic mass is 10.2. The van der Waals surface area contributed by atoms with E-state index in [1.807, 2.05) is 24.3 Å². The van der Waals surface area contributed by atoms with Crippen LogP contribution in [0.15, 0.2) is 24.3 Å². The number of aromatic amines is 1. The summed E-state index contributed by atoms with van der Waals surface area (Å²) in [5.41, 5.74) is 7.21. The minimum absolute atomic E-state index is 0.0341. The lowest BCUT2D eigenvalue weighted by molar-refractivity contribution is 0.0429. The molecule has 5 nitrogen and oxygen atoms in total. The Morgan fingerprint density at radius 3 is 2.88 bits per heavy atom. The number of aliphatic hydroxyl groups excluding tert-OH is 1. The van der Waals surface area contributed by atoms with Crippen LogP contribution in [0.5, 0.6) is 0 Å². The smallest absolute Gasteiger partial charge is 0.357 e. The Morgan fingerprint density at radius 2 is 2.19 bits per heavy atom. The molecule has 0 atom stereocenters. The van der Waals surface area contributed by atoms with Crippen molar-refractivity contribution in [2.24, 2.45) is 0 Å². The summed E-state index contributed by atoms with van der Waals surface area (Å²) >= 11 is 0. The topological polar surface area (TPSA) is 88.3 Å². The molecule has 0 aliphatic heterocycles. The van der Waals surface area contributed by atoms with Gasteiger partial charge in [0.2, 0.25) is 0 Å². The Hall–Kier alpha value is -2.01. The van der Waals surface area contributed by atoms with E-state index in [4.69, 9.17) is 15.6 Å². The maximum atomic E-state index is 11.5. The molecule has 2 rings (SSSR count). The fourth-order valence-corrected chi connectivity index (χ4v) is 1.54. The van der Waals surface area contributed by atoms with Gasteiger partial charge in [0.05, 0.1) is 12.3 Å². The summed E-state index contributed by atoms with van der Waals surface area (Å²) in [7, 11) is 0. The number of nitrogens with one attached hydrogen (secondary N) is 1. The molecule has 0 bridgehead atoms. The van der Waals surface area contributed by atoms with Gasteiger partial charge in [-0.2, -0.15) is 0 Å². The zero-order valence-electron chi connectivity index (χ0n) is 8.56. The zero-order chi connectivity index (χ0) is 11.5. The second-order valence-electron chi connectivity index (χ2n) is 3.32. The minimum atomic E-state index is -0.553. The van der Waals surface area contributed by atoms with E-state index in [9.17, 15) is 4.79 Å². The summed E-state index contributed by atoms with van der Waals surface area (Å²) in [4.78, 5) is 14.4. The van der Waals surface area contributed by atoms with Crippen LogP contribution in [0.4, 0.5) is 5.69 Å². The SMILES string of the molecule is Nc1c(C(=O)OCCO)[nH]c2ccccc12. The van der Waals surface area contributed by atoms with Crippen LogP contribution in [-0.4, -0.2) is 29.3 Å². The van der Waals surface area contributed by atoms with Crippen molar-refractivity contribution in [2.75, 3.05) is 18.9 Å². The number of rotatable bonds is 3. The van der Waals surface area contributed by atoms with E-state index in [1.54, 1.807) is 0 Å². The van der Waals surface area contributed by atoms with Gasteiger partial charge in [-0.1, -0.05) is 18.2 Å². The molecule has 4 N–H and O–H groups in total. The van der Waals surface area contributed by atoms with Crippen molar-refractivity contribution >= 4 is 22.6 Å². The molecular weight excluding hydrogens is 208 g/mol. The normalized spacial score (nSPS) is 10.6. The van der Waals surface area contributed by atoms with Crippen LogP contribution in [0.1, 0.15) is 10.5 Å². The quantitative estimate of drug-likeness (QED) is 0.670. The van der Waals surface area contributed by atoms with Gasteiger partial charge in [0.1, 0.15) is 12.3 Å². The first kappa shape index (κ1) is 10.5. The Labute approximate surface area is 91.8 Å². The van der Waals surface area contributed by atoms with E-state index in [0.29, 0.717) is 5.69 Å². The van der Waals surface area contributed by atoms with E-state index in [2.05, 4.69) is 4.98 Å². The average Bonchev–Trinajstić information content (AvgIpc) is 2.64. The highest BCUT2D eigenvalue weighted by molar-refractivity contribution is 6.05. The fourth-order valence-electron chi connectivity index (χ4n) is 1.54. The number of fused-ring (bicyclic) bond motifs is 1. The number of esters is 1.